The molecule has 4 saturated carbocycles. The van der Waals surface area contributed by atoms with E-state index in [1.54, 1.807) is 0 Å². The topological polar surface area (TPSA) is 86.7 Å². The van der Waals surface area contributed by atoms with Crippen LogP contribution < -0.4 is 0 Å². The van der Waals surface area contributed by atoms with Crippen LogP contribution in [-0.2, 0) is 28.7 Å². The molecule has 0 aromatic rings. The molecule has 43 heavy (non-hydrogen) atoms. The van der Waals surface area contributed by atoms with E-state index in [0.29, 0.717) is 6.42 Å². The van der Waals surface area contributed by atoms with Crippen molar-refractivity contribution in [1.29, 1.82) is 0 Å². The van der Waals surface area contributed by atoms with Crippen molar-refractivity contribution in [3.63, 3.8) is 0 Å². The summed E-state index contributed by atoms with van der Waals surface area (Å²) >= 11 is 6.18. The van der Waals surface area contributed by atoms with Gasteiger partial charge in [0.25, 0.3) is 0 Å². The Labute approximate surface area is 263 Å². The van der Waals surface area contributed by atoms with Crippen LogP contribution in [0.25, 0.3) is 0 Å². The molecule has 0 aromatic carbocycles. The van der Waals surface area contributed by atoms with Gasteiger partial charge in [-0.3, -0.25) is 19.2 Å². The number of hydrogen-bond donors (Lipinski definition) is 0. The number of carbonyl (C=O) groups excluding carboxylic acids is 4. The van der Waals surface area contributed by atoms with Crippen LogP contribution >= 0.6 is 11.6 Å². The van der Waals surface area contributed by atoms with E-state index in [0.717, 1.165) is 57.8 Å². The molecule has 0 radical (unpaired) electrons. The Bertz CT molecular complexity index is 1240. The molecule has 2 unspecified atom stereocenters. The number of rotatable bonds is 6. The van der Waals surface area contributed by atoms with Crippen molar-refractivity contribution in [1.82, 2.24) is 0 Å². The van der Waals surface area contributed by atoms with Crippen molar-refractivity contribution < 1.29 is 28.7 Å². The van der Waals surface area contributed by atoms with Crippen LogP contribution in [0.2, 0.25) is 0 Å². The first-order chi connectivity index (χ1) is 19.9. The van der Waals surface area contributed by atoms with Gasteiger partial charge in [0.1, 0.15) is 6.10 Å². The maximum absolute atomic E-state index is 14.5. The average molecular weight is 617 g/mol. The van der Waals surface area contributed by atoms with Crippen LogP contribution in [-0.4, -0.2) is 36.2 Å². The van der Waals surface area contributed by atoms with Crippen molar-refractivity contribution >= 4 is 34.6 Å². The smallest absolute Gasteiger partial charge is 0.306 e. The summed E-state index contributed by atoms with van der Waals surface area (Å²) in [5, 5.41) is -0.246. The Balaban J connectivity index is 1.43. The highest BCUT2D eigenvalue weighted by molar-refractivity contribution is 6.64. The molecular weight excluding hydrogens is 564 g/mol. The van der Waals surface area contributed by atoms with Gasteiger partial charge < -0.3 is 9.47 Å². The lowest BCUT2D eigenvalue weighted by atomic mass is 9.33. The van der Waals surface area contributed by atoms with Crippen LogP contribution in [0.15, 0.2) is 11.6 Å². The standard InChI is InChI=1S/C36H53ClO6/c1-31(2)25-12-15-36(7)29(34(25,5)14-13-26(31)43-28(40)11-9-10-27(39)42-8)24(38)20-22-23-21-33(4,30(37)41)17-16-32(23,3)18-19-35(22,36)6/h20,23,25-26,29H,9-19,21H2,1-8H3/t23-,25?,26-,29+,32+,33?,34-,35+,36+/m0/s1. The number of ether oxygens (including phenoxy) is 2. The lowest BCUT2D eigenvalue weighted by molar-refractivity contribution is -0.211. The Morgan fingerprint density at radius 1 is 0.884 bits per heavy atom. The molecule has 5 aliphatic rings. The maximum atomic E-state index is 14.5. The van der Waals surface area contributed by atoms with Crippen molar-refractivity contribution in [2.75, 3.05) is 7.11 Å². The third-order valence-electron chi connectivity index (χ3n) is 14.3. The molecular formula is C36H53ClO6. The largest absolute Gasteiger partial charge is 0.469 e. The number of carbonyl (C=O) groups is 4. The first-order valence-electron chi connectivity index (χ1n) is 16.6. The van der Waals surface area contributed by atoms with Crippen LogP contribution in [0.4, 0.5) is 0 Å². The minimum absolute atomic E-state index is 0.0859. The first-order valence-corrected chi connectivity index (χ1v) is 17.0. The van der Waals surface area contributed by atoms with Gasteiger partial charge in [-0.25, -0.2) is 0 Å². The normalized spacial score (nSPS) is 45.0. The molecule has 0 amide bonds. The van der Waals surface area contributed by atoms with E-state index in [1.165, 1.54) is 12.7 Å². The van der Waals surface area contributed by atoms with E-state index in [4.69, 9.17) is 21.1 Å². The van der Waals surface area contributed by atoms with Gasteiger partial charge >= 0.3 is 11.9 Å². The third-order valence-corrected chi connectivity index (χ3v) is 14.7. The quantitative estimate of drug-likeness (QED) is 0.222. The molecule has 0 N–H and O–H groups in total. The van der Waals surface area contributed by atoms with Crippen molar-refractivity contribution in [3.8, 4) is 0 Å². The summed E-state index contributed by atoms with van der Waals surface area (Å²) < 4.78 is 10.8. The second kappa shape index (κ2) is 10.7. The molecule has 5 aliphatic carbocycles. The Hall–Kier alpha value is -1.69. The molecule has 0 spiro atoms. The highest BCUT2D eigenvalue weighted by atomic mass is 35.5. The molecule has 7 heteroatoms. The Kier molecular flexibility index (Phi) is 8.13. The number of allylic oxidation sites excluding steroid dienone is 2. The highest BCUT2D eigenvalue weighted by Crippen LogP contribution is 2.75. The maximum Gasteiger partial charge on any atom is 0.306 e. The summed E-state index contributed by atoms with van der Waals surface area (Å²) in [5.41, 5.74) is 0.0216. The van der Waals surface area contributed by atoms with Crippen molar-refractivity contribution in [2.24, 2.45) is 50.2 Å². The van der Waals surface area contributed by atoms with Gasteiger partial charge in [-0.15, -0.1) is 0 Å². The zero-order valence-electron chi connectivity index (χ0n) is 27.7. The molecule has 5 rings (SSSR count). The minimum Gasteiger partial charge on any atom is -0.469 e. The molecule has 0 heterocycles. The second-order valence-electron chi connectivity index (χ2n) is 16.8. The number of halogens is 1. The van der Waals surface area contributed by atoms with Crippen LogP contribution in [0.5, 0.6) is 0 Å². The van der Waals surface area contributed by atoms with Crippen LogP contribution in [0, 0.1) is 50.2 Å². The average Bonchev–Trinajstić information content (AvgIpc) is 2.92. The van der Waals surface area contributed by atoms with E-state index in [2.05, 4.69) is 41.5 Å². The van der Waals surface area contributed by atoms with Gasteiger partial charge in [-0.05, 0) is 115 Å². The molecule has 9 atom stereocenters. The number of fused-ring (bicyclic) bond motifs is 7. The molecule has 6 nitrogen and oxygen atoms in total. The van der Waals surface area contributed by atoms with Crippen LogP contribution in [0.3, 0.4) is 0 Å². The molecule has 0 saturated heterocycles. The number of methoxy groups -OCH3 is 1. The fourth-order valence-corrected chi connectivity index (χ4v) is 11.4. The van der Waals surface area contributed by atoms with Gasteiger partial charge in [0.15, 0.2) is 5.78 Å². The lowest BCUT2D eigenvalue weighted by Gasteiger charge is -2.70. The van der Waals surface area contributed by atoms with Crippen molar-refractivity contribution in [2.45, 2.75) is 132 Å². The molecule has 0 aliphatic heterocycles. The third kappa shape index (κ3) is 4.86. The number of ketones is 1. The summed E-state index contributed by atoms with van der Waals surface area (Å²) in [4.78, 5) is 51.4. The van der Waals surface area contributed by atoms with E-state index in [9.17, 15) is 19.2 Å². The number of hydrogen-bond acceptors (Lipinski definition) is 6. The van der Waals surface area contributed by atoms with Gasteiger partial charge in [-0.2, -0.15) is 0 Å². The van der Waals surface area contributed by atoms with Gasteiger partial charge in [0.05, 0.1) is 7.11 Å². The molecule has 4 fully saturated rings. The fraction of sp³-hybridized carbons (Fsp3) is 0.833. The molecule has 0 bridgehead atoms. The monoisotopic (exact) mass is 616 g/mol. The van der Waals surface area contributed by atoms with Gasteiger partial charge in [0.2, 0.25) is 5.24 Å². The predicted octanol–water partition coefficient (Wildman–Crippen LogP) is 7.99. The molecule has 0 aromatic heterocycles. The van der Waals surface area contributed by atoms with Crippen molar-refractivity contribution in [3.05, 3.63) is 11.6 Å². The Morgan fingerprint density at radius 3 is 2.19 bits per heavy atom. The number of esters is 2. The van der Waals surface area contributed by atoms with Gasteiger partial charge in [0, 0.05) is 29.6 Å². The van der Waals surface area contributed by atoms with Gasteiger partial charge in [-0.1, -0.05) is 54.0 Å². The minimum atomic E-state index is -0.547. The summed E-state index contributed by atoms with van der Waals surface area (Å²) in [6.07, 6.45) is 10.8. The Morgan fingerprint density at radius 2 is 1.53 bits per heavy atom. The zero-order valence-corrected chi connectivity index (χ0v) is 28.5. The van der Waals surface area contributed by atoms with E-state index < -0.39 is 5.41 Å². The van der Waals surface area contributed by atoms with E-state index in [-0.39, 0.29) is 86.7 Å². The van der Waals surface area contributed by atoms with E-state index >= 15 is 0 Å². The highest BCUT2D eigenvalue weighted by Gasteiger charge is 2.70. The van der Waals surface area contributed by atoms with E-state index in [1.807, 2.05) is 13.0 Å². The fourth-order valence-electron chi connectivity index (χ4n) is 11.2. The first kappa shape index (κ1) is 32.7. The van der Waals surface area contributed by atoms with Crippen LogP contribution in [0.1, 0.15) is 126 Å². The SMILES string of the molecule is COC(=O)CCCC(=O)O[C@H]1CC[C@@]2(C)C(CC[C@]3(C)[C@@H]2C(=O)C=C2[C@@H]4CC(C)(C(=O)Cl)CC[C@]4(C)CC[C@]23C)C1(C)C. The summed E-state index contributed by atoms with van der Waals surface area (Å²) in [7, 11) is 1.35. The zero-order chi connectivity index (χ0) is 31.8. The second-order valence-corrected chi connectivity index (χ2v) is 17.1. The molecule has 240 valence electrons. The summed E-state index contributed by atoms with van der Waals surface area (Å²) in [6.45, 7) is 16.0. The lowest BCUT2D eigenvalue weighted by Crippen LogP contribution is -2.66. The summed E-state index contributed by atoms with van der Waals surface area (Å²) in [5.74, 6) is -0.00114. The predicted molar refractivity (Wildman–Crippen MR) is 166 cm³/mol. The summed E-state index contributed by atoms with van der Waals surface area (Å²) in [6, 6.07) is 0.